The van der Waals surface area contributed by atoms with Crippen LogP contribution in [0.15, 0.2) is 52.7 Å². The molecule has 1 aliphatic heterocycles. The SMILES string of the molecule is COc1ccc(-c2csc(NC(=O)c3ccc(S(=O)(=O)N4CC(C)CC(C)C4)cc3)n2)cc1C. The van der Waals surface area contributed by atoms with E-state index in [1.807, 2.05) is 30.5 Å². The number of aromatic nitrogens is 1. The summed E-state index contributed by atoms with van der Waals surface area (Å²) in [4.78, 5) is 17.4. The first kappa shape index (κ1) is 24.4. The van der Waals surface area contributed by atoms with Crippen molar-refractivity contribution in [2.75, 3.05) is 25.5 Å². The molecule has 2 heterocycles. The van der Waals surface area contributed by atoms with Crippen molar-refractivity contribution in [1.82, 2.24) is 9.29 Å². The number of piperidine rings is 1. The first-order valence-electron chi connectivity index (χ1n) is 11.2. The van der Waals surface area contributed by atoms with Crippen molar-refractivity contribution in [2.45, 2.75) is 32.1 Å². The van der Waals surface area contributed by atoms with Crippen LogP contribution in [0.4, 0.5) is 5.13 Å². The predicted octanol–water partition coefficient (Wildman–Crippen LogP) is 5.05. The van der Waals surface area contributed by atoms with Crippen molar-refractivity contribution in [3.05, 3.63) is 59.0 Å². The van der Waals surface area contributed by atoms with Crippen LogP contribution in [0.5, 0.6) is 5.75 Å². The Morgan fingerprint density at radius 3 is 2.41 bits per heavy atom. The number of aryl methyl sites for hydroxylation is 1. The maximum absolute atomic E-state index is 13.1. The minimum Gasteiger partial charge on any atom is -0.496 e. The third-order valence-electron chi connectivity index (χ3n) is 6.00. The van der Waals surface area contributed by atoms with Crippen molar-refractivity contribution in [3.8, 4) is 17.0 Å². The van der Waals surface area contributed by atoms with Crippen molar-refractivity contribution in [3.63, 3.8) is 0 Å². The van der Waals surface area contributed by atoms with E-state index < -0.39 is 10.0 Å². The number of nitrogens with zero attached hydrogens (tertiary/aromatic N) is 2. The molecule has 9 heteroatoms. The average Bonchev–Trinajstić information content (AvgIpc) is 3.27. The fourth-order valence-electron chi connectivity index (χ4n) is 4.40. The van der Waals surface area contributed by atoms with Gasteiger partial charge in [-0.25, -0.2) is 13.4 Å². The molecule has 0 bridgehead atoms. The lowest BCUT2D eigenvalue weighted by Gasteiger charge is -2.34. The van der Waals surface area contributed by atoms with Gasteiger partial charge in [0.05, 0.1) is 17.7 Å². The summed E-state index contributed by atoms with van der Waals surface area (Å²) >= 11 is 1.33. The number of sulfonamides is 1. The summed E-state index contributed by atoms with van der Waals surface area (Å²) in [5, 5.41) is 5.16. The molecule has 0 aliphatic carbocycles. The molecule has 1 N–H and O–H groups in total. The second-order valence-corrected chi connectivity index (χ2v) is 11.8. The molecule has 34 heavy (non-hydrogen) atoms. The average molecular weight is 500 g/mol. The monoisotopic (exact) mass is 499 g/mol. The number of hydrogen-bond acceptors (Lipinski definition) is 6. The topological polar surface area (TPSA) is 88.6 Å². The number of rotatable bonds is 6. The third-order valence-corrected chi connectivity index (χ3v) is 8.61. The van der Waals surface area contributed by atoms with E-state index in [2.05, 4.69) is 24.1 Å². The quantitative estimate of drug-likeness (QED) is 0.513. The molecule has 2 aromatic carbocycles. The molecule has 3 aromatic rings. The van der Waals surface area contributed by atoms with Crippen LogP contribution in [0.2, 0.25) is 0 Å². The highest BCUT2D eigenvalue weighted by Gasteiger charge is 2.31. The van der Waals surface area contributed by atoms with Gasteiger partial charge in [-0.15, -0.1) is 11.3 Å². The second kappa shape index (κ2) is 9.85. The van der Waals surface area contributed by atoms with E-state index in [9.17, 15) is 13.2 Å². The standard InChI is InChI=1S/C25H29N3O4S2/c1-16-11-17(2)14-28(13-16)34(30,31)21-8-5-19(6-9-21)24(29)27-25-26-22(15-33-25)20-7-10-23(32-4)18(3)12-20/h5-10,12,15-17H,11,13-14H2,1-4H3,(H,26,27,29). The first-order valence-corrected chi connectivity index (χ1v) is 13.5. The zero-order valence-electron chi connectivity index (χ0n) is 19.7. The number of anilines is 1. The van der Waals surface area contributed by atoms with Crippen LogP contribution in [0.25, 0.3) is 11.3 Å². The molecule has 0 radical (unpaired) electrons. The fraction of sp³-hybridized carbons (Fsp3) is 0.360. The van der Waals surface area contributed by atoms with Crippen LogP contribution in [0.1, 0.15) is 36.2 Å². The van der Waals surface area contributed by atoms with Crippen molar-refractivity contribution in [1.29, 1.82) is 0 Å². The van der Waals surface area contributed by atoms with Crippen LogP contribution < -0.4 is 10.1 Å². The van der Waals surface area contributed by atoms with Crippen molar-refractivity contribution >= 4 is 32.4 Å². The maximum atomic E-state index is 13.1. The number of ether oxygens (including phenoxy) is 1. The maximum Gasteiger partial charge on any atom is 0.257 e. The fourth-order valence-corrected chi connectivity index (χ4v) is 6.79. The van der Waals surface area contributed by atoms with Crippen LogP contribution in [-0.4, -0.2) is 43.8 Å². The molecule has 1 aliphatic rings. The van der Waals surface area contributed by atoms with E-state index >= 15 is 0 Å². The number of carbonyl (C=O) groups excluding carboxylic acids is 1. The van der Waals surface area contributed by atoms with Gasteiger partial charge in [0.15, 0.2) is 5.13 Å². The zero-order valence-corrected chi connectivity index (χ0v) is 21.4. The van der Waals surface area contributed by atoms with E-state index in [-0.39, 0.29) is 10.8 Å². The Morgan fingerprint density at radius 2 is 1.79 bits per heavy atom. The number of hydrogen-bond donors (Lipinski definition) is 1. The van der Waals surface area contributed by atoms with Gasteiger partial charge in [-0.05, 0) is 73.2 Å². The van der Waals surface area contributed by atoms with Gasteiger partial charge < -0.3 is 4.74 Å². The summed E-state index contributed by atoms with van der Waals surface area (Å²) in [5.41, 5.74) is 3.07. The lowest BCUT2D eigenvalue weighted by atomic mass is 9.94. The van der Waals surface area contributed by atoms with Gasteiger partial charge in [-0.3, -0.25) is 10.1 Å². The molecule has 4 rings (SSSR count). The molecule has 1 saturated heterocycles. The molecule has 1 fully saturated rings. The Kier molecular flexibility index (Phi) is 7.06. The Balaban J connectivity index is 1.45. The summed E-state index contributed by atoms with van der Waals surface area (Å²) in [6, 6.07) is 11.9. The number of amides is 1. The number of carbonyl (C=O) groups is 1. The van der Waals surface area contributed by atoms with Crippen LogP contribution in [-0.2, 0) is 10.0 Å². The summed E-state index contributed by atoms with van der Waals surface area (Å²) in [6.07, 6.45) is 1.03. The van der Waals surface area contributed by atoms with Gasteiger partial charge in [0, 0.05) is 29.6 Å². The normalized spacial score (nSPS) is 19.1. The van der Waals surface area contributed by atoms with E-state index in [1.54, 1.807) is 23.5 Å². The lowest BCUT2D eigenvalue weighted by Crippen LogP contribution is -2.42. The van der Waals surface area contributed by atoms with Crippen molar-refractivity contribution in [2.24, 2.45) is 11.8 Å². The lowest BCUT2D eigenvalue weighted by molar-refractivity contribution is 0.102. The summed E-state index contributed by atoms with van der Waals surface area (Å²) in [7, 11) is -1.95. The number of methoxy groups -OCH3 is 1. The van der Waals surface area contributed by atoms with Crippen molar-refractivity contribution < 1.29 is 17.9 Å². The molecule has 0 saturated carbocycles. The largest absolute Gasteiger partial charge is 0.496 e. The van der Waals surface area contributed by atoms with Crippen LogP contribution >= 0.6 is 11.3 Å². The molecule has 2 atom stereocenters. The highest BCUT2D eigenvalue weighted by Crippen LogP contribution is 2.30. The Morgan fingerprint density at radius 1 is 1.12 bits per heavy atom. The molecule has 1 amide bonds. The molecule has 180 valence electrons. The van der Waals surface area contributed by atoms with Crippen LogP contribution in [0.3, 0.4) is 0 Å². The molecule has 1 aromatic heterocycles. The minimum atomic E-state index is -3.58. The van der Waals surface area contributed by atoms with E-state index in [4.69, 9.17) is 4.74 Å². The highest BCUT2D eigenvalue weighted by atomic mass is 32.2. The van der Waals surface area contributed by atoms with E-state index in [0.717, 1.165) is 29.0 Å². The number of thiazole rings is 1. The van der Waals surface area contributed by atoms with E-state index in [1.165, 1.54) is 23.5 Å². The second-order valence-electron chi connectivity index (χ2n) is 8.97. The summed E-state index contributed by atoms with van der Waals surface area (Å²) in [6.45, 7) is 7.16. The Hall–Kier alpha value is -2.75. The minimum absolute atomic E-state index is 0.205. The Bertz CT molecular complexity index is 1280. The number of benzene rings is 2. The summed E-state index contributed by atoms with van der Waals surface area (Å²) < 4.78 is 33.0. The van der Waals surface area contributed by atoms with Gasteiger partial charge in [0.1, 0.15) is 5.75 Å². The molecular weight excluding hydrogens is 470 g/mol. The van der Waals surface area contributed by atoms with E-state index in [0.29, 0.717) is 35.6 Å². The van der Waals surface area contributed by atoms with Crippen LogP contribution in [0, 0.1) is 18.8 Å². The van der Waals surface area contributed by atoms with Gasteiger partial charge >= 0.3 is 0 Å². The molecule has 2 unspecified atom stereocenters. The van der Waals surface area contributed by atoms with Gasteiger partial charge in [-0.1, -0.05) is 13.8 Å². The van der Waals surface area contributed by atoms with Gasteiger partial charge in [-0.2, -0.15) is 4.31 Å². The zero-order chi connectivity index (χ0) is 24.5. The van der Waals surface area contributed by atoms with Gasteiger partial charge in [0.25, 0.3) is 5.91 Å². The summed E-state index contributed by atoms with van der Waals surface area (Å²) in [5.74, 6) is 1.13. The van der Waals surface area contributed by atoms with Gasteiger partial charge in [0.2, 0.25) is 10.0 Å². The molecule has 7 nitrogen and oxygen atoms in total. The number of nitrogens with one attached hydrogen (secondary N) is 1. The smallest absolute Gasteiger partial charge is 0.257 e. The molecule has 0 spiro atoms. The first-order chi connectivity index (χ1) is 16.2. The highest BCUT2D eigenvalue weighted by molar-refractivity contribution is 7.89. The predicted molar refractivity (Wildman–Crippen MR) is 135 cm³/mol. The third kappa shape index (κ3) is 5.16. The molecular formula is C25H29N3O4S2. The Labute approximate surface area is 204 Å².